The lowest BCUT2D eigenvalue weighted by atomic mass is 10.1. The molecule has 0 N–H and O–H groups in total. The second-order valence-corrected chi connectivity index (χ2v) is 7.80. The molecule has 0 saturated carbocycles. The normalized spacial score (nSPS) is 21.0. The van der Waals surface area contributed by atoms with Crippen molar-refractivity contribution in [1.82, 2.24) is 24.2 Å². The van der Waals surface area contributed by atoms with Gasteiger partial charge in [-0.25, -0.2) is 4.98 Å². The molecule has 2 bridgehead atoms. The average Bonchev–Trinajstić information content (AvgIpc) is 3.23. The fourth-order valence-electron chi connectivity index (χ4n) is 4.69. The van der Waals surface area contributed by atoms with Crippen LogP contribution in [-0.4, -0.2) is 42.2 Å². The molecule has 1 aromatic carbocycles. The average molecular weight is 377 g/mol. The maximum atomic E-state index is 13.1. The second-order valence-electron chi connectivity index (χ2n) is 7.80. The number of hydrogen-bond acceptors (Lipinski definition) is 4. The van der Waals surface area contributed by atoms with Crippen LogP contribution >= 0.6 is 0 Å². The van der Waals surface area contributed by atoms with E-state index < -0.39 is 0 Å². The van der Waals surface area contributed by atoms with Gasteiger partial charge in [-0.1, -0.05) is 12.1 Å². The first-order valence-corrected chi connectivity index (χ1v) is 9.90. The number of aryl methyl sites for hydroxylation is 2. The molecule has 2 aliphatic rings. The van der Waals surface area contributed by atoms with Gasteiger partial charge in [-0.2, -0.15) is 5.10 Å². The number of carbonyl (C=O) groups excluding carboxylic acids is 1. The third-order valence-corrected chi connectivity index (χ3v) is 6.13. The fraction of sp³-hybridized carbons (Fsp3) is 0.429. The van der Waals surface area contributed by atoms with E-state index in [0.29, 0.717) is 31.3 Å². The van der Waals surface area contributed by atoms with E-state index in [-0.39, 0.29) is 23.6 Å². The van der Waals surface area contributed by atoms with Gasteiger partial charge in [0.2, 0.25) is 5.91 Å². The minimum absolute atomic E-state index is 0.00714. The Morgan fingerprint density at radius 3 is 2.82 bits per heavy atom. The Labute approximate surface area is 162 Å². The third-order valence-electron chi connectivity index (χ3n) is 6.13. The molecule has 0 radical (unpaired) electrons. The van der Waals surface area contributed by atoms with Crippen molar-refractivity contribution in [2.75, 3.05) is 0 Å². The van der Waals surface area contributed by atoms with Crippen LogP contribution in [0.15, 0.2) is 41.3 Å². The van der Waals surface area contributed by atoms with Crippen molar-refractivity contribution in [3.05, 3.63) is 58.4 Å². The highest BCUT2D eigenvalue weighted by molar-refractivity contribution is 5.78. The first-order valence-electron chi connectivity index (χ1n) is 9.90. The number of carbonyl (C=O) groups is 1. The Kier molecular flexibility index (Phi) is 4.03. The molecule has 3 aromatic rings. The summed E-state index contributed by atoms with van der Waals surface area (Å²) < 4.78 is 3.66. The van der Waals surface area contributed by atoms with Crippen molar-refractivity contribution in [2.45, 2.75) is 57.8 Å². The van der Waals surface area contributed by atoms with Crippen LogP contribution in [0.2, 0.25) is 0 Å². The van der Waals surface area contributed by atoms with Crippen LogP contribution in [-0.2, 0) is 24.3 Å². The number of rotatable bonds is 3. The molecule has 2 aliphatic heterocycles. The summed E-state index contributed by atoms with van der Waals surface area (Å²) >= 11 is 0. The quantitative estimate of drug-likeness (QED) is 0.699. The molecule has 4 heterocycles. The summed E-state index contributed by atoms with van der Waals surface area (Å²) in [5.41, 5.74) is 1.80. The van der Waals surface area contributed by atoms with Crippen LogP contribution < -0.4 is 5.56 Å². The van der Waals surface area contributed by atoms with E-state index in [9.17, 15) is 9.59 Å². The predicted molar refractivity (Wildman–Crippen MR) is 105 cm³/mol. The van der Waals surface area contributed by atoms with E-state index in [1.54, 1.807) is 10.8 Å². The topological polar surface area (TPSA) is 73.0 Å². The third kappa shape index (κ3) is 2.73. The number of nitrogens with zero attached hydrogens (tertiary/aromatic N) is 5. The van der Waals surface area contributed by atoms with Gasteiger partial charge in [-0.05, 0) is 38.0 Å². The molecule has 7 nitrogen and oxygen atoms in total. The fourth-order valence-corrected chi connectivity index (χ4v) is 4.69. The lowest BCUT2D eigenvalue weighted by Crippen LogP contribution is -2.42. The molecular weight excluding hydrogens is 354 g/mol. The molecule has 0 spiro atoms. The molecule has 2 atom stereocenters. The maximum Gasteiger partial charge on any atom is 0.261 e. The van der Waals surface area contributed by atoms with Gasteiger partial charge in [0, 0.05) is 43.9 Å². The molecule has 7 heteroatoms. The SMILES string of the molecule is Cc1ccnn1CCC(=O)N1[C@@H]2CC[C@@H]1Cn1c(nc3ccccc3c1=O)C2. The second kappa shape index (κ2) is 6.58. The van der Waals surface area contributed by atoms with E-state index in [1.807, 2.05) is 46.8 Å². The predicted octanol–water partition coefficient (Wildman–Crippen LogP) is 1.91. The van der Waals surface area contributed by atoms with E-state index in [4.69, 9.17) is 4.98 Å². The van der Waals surface area contributed by atoms with Crippen molar-refractivity contribution in [3.63, 3.8) is 0 Å². The molecule has 1 saturated heterocycles. The van der Waals surface area contributed by atoms with Crippen molar-refractivity contribution in [2.24, 2.45) is 0 Å². The van der Waals surface area contributed by atoms with Gasteiger partial charge in [-0.15, -0.1) is 0 Å². The number of aromatic nitrogens is 4. The highest BCUT2D eigenvalue weighted by Gasteiger charge is 2.40. The molecule has 144 valence electrons. The molecule has 28 heavy (non-hydrogen) atoms. The van der Waals surface area contributed by atoms with Crippen molar-refractivity contribution in [1.29, 1.82) is 0 Å². The molecule has 2 aromatic heterocycles. The molecule has 1 amide bonds. The van der Waals surface area contributed by atoms with Crippen LogP contribution in [0.4, 0.5) is 0 Å². The Balaban J connectivity index is 1.43. The van der Waals surface area contributed by atoms with E-state index in [2.05, 4.69) is 5.10 Å². The summed E-state index contributed by atoms with van der Waals surface area (Å²) in [6, 6.07) is 9.62. The zero-order chi connectivity index (χ0) is 19.3. The van der Waals surface area contributed by atoms with Crippen LogP contribution in [0, 0.1) is 6.92 Å². The highest BCUT2D eigenvalue weighted by atomic mass is 16.2. The van der Waals surface area contributed by atoms with E-state index >= 15 is 0 Å². The van der Waals surface area contributed by atoms with Gasteiger partial charge in [0.05, 0.1) is 16.9 Å². The van der Waals surface area contributed by atoms with Gasteiger partial charge in [0.25, 0.3) is 5.56 Å². The molecule has 0 unspecified atom stereocenters. The van der Waals surface area contributed by atoms with Crippen molar-refractivity contribution >= 4 is 16.8 Å². The number of amides is 1. The van der Waals surface area contributed by atoms with Crippen LogP contribution in [0.5, 0.6) is 0 Å². The zero-order valence-corrected chi connectivity index (χ0v) is 15.9. The Morgan fingerprint density at radius 2 is 2.00 bits per heavy atom. The summed E-state index contributed by atoms with van der Waals surface area (Å²) in [6.07, 6.45) is 4.74. The summed E-state index contributed by atoms with van der Waals surface area (Å²) in [5, 5.41) is 4.92. The van der Waals surface area contributed by atoms with Gasteiger partial charge in [0.1, 0.15) is 5.82 Å². The van der Waals surface area contributed by atoms with E-state index in [1.165, 1.54) is 0 Å². The smallest absolute Gasteiger partial charge is 0.261 e. The van der Waals surface area contributed by atoms with Gasteiger partial charge in [0.15, 0.2) is 0 Å². The number of hydrogen-bond donors (Lipinski definition) is 0. The number of benzene rings is 1. The standard InChI is InChI=1S/C21H23N5O2/c1-14-8-10-22-25(14)11-9-20(27)26-15-6-7-16(26)13-24-19(12-15)23-18-5-3-2-4-17(18)21(24)28/h2-5,8,10,15-16H,6-7,9,11-13H2,1H3/t15-,16-/m1/s1. The monoisotopic (exact) mass is 377 g/mol. The van der Waals surface area contributed by atoms with Crippen LogP contribution in [0.25, 0.3) is 10.9 Å². The largest absolute Gasteiger partial charge is 0.334 e. The summed E-state index contributed by atoms with van der Waals surface area (Å²) in [6.45, 7) is 3.12. The number of fused-ring (bicyclic) bond motifs is 4. The Hall–Kier alpha value is -2.96. The Bertz CT molecular complexity index is 1120. The van der Waals surface area contributed by atoms with Crippen LogP contribution in [0.3, 0.4) is 0 Å². The lowest BCUT2D eigenvalue weighted by molar-refractivity contribution is -0.134. The number of para-hydroxylation sites is 1. The summed E-state index contributed by atoms with van der Waals surface area (Å²) in [7, 11) is 0. The van der Waals surface area contributed by atoms with Crippen molar-refractivity contribution in [3.8, 4) is 0 Å². The first-order chi connectivity index (χ1) is 13.6. The maximum absolute atomic E-state index is 13.1. The minimum Gasteiger partial charge on any atom is -0.334 e. The van der Waals surface area contributed by atoms with Gasteiger partial charge < -0.3 is 4.90 Å². The van der Waals surface area contributed by atoms with Crippen molar-refractivity contribution < 1.29 is 4.79 Å². The molecule has 1 fully saturated rings. The van der Waals surface area contributed by atoms with E-state index in [0.717, 1.165) is 29.9 Å². The molecule has 5 rings (SSSR count). The van der Waals surface area contributed by atoms with Gasteiger partial charge >= 0.3 is 0 Å². The minimum atomic E-state index is 0.00714. The molecular formula is C21H23N5O2. The first kappa shape index (κ1) is 17.2. The lowest BCUT2D eigenvalue weighted by Gasteiger charge is -2.28. The highest BCUT2D eigenvalue weighted by Crippen LogP contribution is 2.31. The molecule has 0 aliphatic carbocycles. The van der Waals surface area contributed by atoms with Crippen LogP contribution in [0.1, 0.15) is 30.8 Å². The van der Waals surface area contributed by atoms with Gasteiger partial charge in [-0.3, -0.25) is 18.8 Å². The summed E-state index contributed by atoms with van der Waals surface area (Å²) in [5.74, 6) is 0.949. The zero-order valence-electron chi connectivity index (χ0n) is 15.9. The summed E-state index contributed by atoms with van der Waals surface area (Å²) in [4.78, 5) is 32.9. The Morgan fingerprint density at radius 1 is 1.18 bits per heavy atom.